The van der Waals surface area contributed by atoms with E-state index in [0.717, 1.165) is 19.3 Å². The molecular formula is C13H21NO3. The largest absolute Gasteiger partial charge is 0.443 e. The van der Waals surface area contributed by atoms with Crippen molar-refractivity contribution in [3.8, 4) is 0 Å². The molecule has 2 rings (SSSR count). The number of likely N-dealkylation sites (tertiary alicyclic amines) is 1. The van der Waals surface area contributed by atoms with Crippen molar-refractivity contribution < 1.29 is 14.3 Å². The summed E-state index contributed by atoms with van der Waals surface area (Å²) in [7, 11) is 0. The Morgan fingerprint density at radius 3 is 2.35 bits per heavy atom. The van der Waals surface area contributed by atoms with Crippen molar-refractivity contribution in [1.82, 2.24) is 4.90 Å². The van der Waals surface area contributed by atoms with Crippen molar-refractivity contribution in [3.05, 3.63) is 0 Å². The topological polar surface area (TPSA) is 46.6 Å². The number of imide groups is 1. The van der Waals surface area contributed by atoms with Gasteiger partial charge in [-0.05, 0) is 45.4 Å². The standard InChI is InChI=1S/C13H21NO3/c1-12(2,3)17-11(16)14-8-7-13(5-4-6-13)9-10(14)15/h4-9H2,1-3H3. The Hall–Kier alpha value is -1.06. The summed E-state index contributed by atoms with van der Waals surface area (Å²) in [6.45, 7) is 5.96. The van der Waals surface area contributed by atoms with Gasteiger partial charge in [-0.1, -0.05) is 6.42 Å². The van der Waals surface area contributed by atoms with Gasteiger partial charge in [-0.2, -0.15) is 0 Å². The van der Waals surface area contributed by atoms with E-state index in [0.29, 0.717) is 13.0 Å². The van der Waals surface area contributed by atoms with Crippen LogP contribution in [0, 0.1) is 5.41 Å². The van der Waals surface area contributed by atoms with Gasteiger partial charge in [0.25, 0.3) is 0 Å². The molecule has 0 atom stereocenters. The molecule has 96 valence electrons. The van der Waals surface area contributed by atoms with E-state index in [1.807, 2.05) is 20.8 Å². The highest BCUT2D eigenvalue weighted by atomic mass is 16.6. The van der Waals surface area contributed by atoms with Crippen LogP contribution in [0.1, 0.15) is 52.9 Å². The Labute approximate surface area is 102 Å². The lowest BCUT2D eigenvalue weighted by Crippen LogP contribution is -2.50. The molecular weight excluding hydrogens is 218 g/mol. The fourth-order valence-corrected chi connectivity index (χ4v) is 2.59. The van der Waals surface area contributed by atoms with Crippen LogP contribution in [0.4, 0.5) is 4.79 Å². The van der Waals surface area contributed by atoms with Crippen LogP contribution < -0.4 is 0 Å². The number of hydrogen-bond acceptors (Lipinski definition) is 3. The quantitative estimate of drug-likeness (QED) is 0.653. The number of ether oxygens (including phenoxy) is 1. The molecule has 2 amide bonds. The van der Waals surface area contributed by atoms with E-state index < -0.39 is 11.7 Å². The smallest absolute Gasteiger partial charge is 0.417 e. The number of carbonyl (C=O) groups is 2. The summed E-state index contributed by atoms with van der Waals surface area (Å²) in [5, 5.41) is 0. The van der Waals surface area contributed by atoms with E-state index in [9.17, 15) is 9.59 Å². The van der Waals surface area contributed by atoms with Gasteiger partial charge in [-0.15, -0.1) is 0 Å². The lowest BCUT2D eigenvalue weighted by molar-refractivity contribution is -0.139. The summed E-state index contributed by atoms with van der Waals surface area (Å²) in [4.78, 5) is 25.1. The molecule has 0 N–H and O–H groups in total. The maximum Gasteiger partial charge on any atom is 0.417 e. The van der Waals surface area contributed by atoms with Crippen molar-refractivity contribution in [2.24, 2.45) is 5.41 Å². The van der Waals surface area contributed by atoms with E-state index in [-0.39, 0.29) is 11.3 Å². The van der Waals surface area contributed by atoms with E-state index >= 15 is 0 Å². The van der Waals surface area contributed by atoms with Crippen LogP contribution in [0.5, 0.6) is 0 Å². The minimum Gasteiger partial charge on any atom is -0.443 e. The lowest BCUT2D eigenvalue weighted by Gasteiger charge is -2.46. The number of hydrogen-bond donors (Lipinski definition) is 0. The van der Waals surface area contributed by atoms with Gasteiger partial charge in [0.1, 0.15) is 5.60 Å². The van der Waals surface area contributed by atoms with Crippen LogP contribution in [0.3, 0.4) is 0 Å². The first kappa shape index (κ1) is 12.4. The SMILES string of the molecule is CC(C)(C)OC(=O)N1CCC2(CCC2)CC1=O. The summed E-state index contributed by atoms with van der Waals surface area (Å²) in [6, 6.07) is 0. The second-order valence-corrected chi connectivity index (χ2v) is 6.31. The van der Waals surface area contributed by atoms with Crippen molar-refractivity contribution in [1.29, 1.82) is 0 Å². The molecule has 0 aromatic heterocycles. The average Bonchev–Trinajstić information content (AvgIpc) is 2.12. The Balaban J connectivity index is 1.95. The van der Waals surface area contributed by atoms with Crippen LogP contribution in [0.15, 0.2) is 0 Å². The summed E-state index contributed by atoms with van der Waals surface area (Å²) in [5.74, 6) is -0.0646. The van der Waals surface area contributed by atoms with Crippen LogP contribution in [-0.4, -0.2) is 29.0 Å². The molecule has 1 saturated heterocycles. The molecule has 1 aliphatic carbocycles. The summed E-state index contributed by atoms with van der Waals surface area (Å²) in [5.41, 5.74) is -0.321. The molecule has 1 spiro atoms. The van der Waals surface area contributed by atoms with Gasteiger partial charge >= 0.3 is 6.09 Å². The number of carbonyl (C=O) groups excluding carboxylic acids is 2. The summed E-state index contributed by atoms with van der Waals surface area (Å²) < 4.78 is 5.23. The maximum absolute atomic E-state index is 12.0. The molecule has 0 aromatic carbocycles. The molecule has 1 saturated carbocycles. The fourth-order valence-electron chi connectivity index (χ4n) is 2.59. The van der Waals surface area contributed by atoms with Gasteiger partial charge in [0, 0.05) is 13.0 Å². The molecule has 4 heteroatoms. The summed E-state index contributed by atoms with van der Waals surface area (Å²) in [6.07, 6.45) is 4.47. The lowest BCUT2D eigenvalue weighted by atomic mass is 9.63. The van der Waals surface area contributed by atoms with Gasteiger partial charge in [-0.25, -0.2) is 9.69 Å². The highest BCUT2D eigenvalue weighted by Gasteiger charge is 2.45. The maximum atomic E-state index is 12.0. The zero-order valence-corrected chi connectivity index (χ0v) is 10.9. The molecule has 0 unspecified atom stereocenters. The van der Waals surface area contributed by atoms with E-state index in [2.05, 4.69) is 0 Å². The van der Waals surface area contributed by atoms with E-state index in [1.54, 1.807) is 0 Å². The minimum absolute atomic E-state index is 0.0646. The van der Waals surface area contributed by atoms with Gasteiger partial charge in [-0.3, -0.25) is 4.79 Å². The van der Waals surface area contributed by atoms with Gasteiger partial charge in [0.05, 0.1) is 0 Å². The molecule has 17 heavy (non-hydrogen) atoms. The highest BCUT2D eigenvalue weighted by molar-refractivity contribution is 5.93. The van der Waals surface area contributed by atoms with E-state index in [4.69, 9.17) is 4.74 Å². The predicted octanol–water partition coefficient (Wildman–Crippen LogP) is 2.71. The van der Waals surface area contributed by atoms with E-state index in [1.165, 1.54) is 11.3 Å². The Morgan fingerprint density at radius 1 is 1.29 bits per heavy atom. The molecule has 2 fully saturated rings. The molecule has 2 aliphatic rings. The second kappa shape index (κ2) is 4.00. The molecule has 0 bridgehead atoms. The van der Waals surface area contributed by atoms with Crippen LogP contribution in [0.25, 0.3) is 0 Å². The fraction of sp³-hybridized carbons (Fsp3) is 0.846. The molecule has 4 nitrogen and oxygen atoms in total. The number of nitrogens with zero attached hydrogens (tertiary/aromatic N) is 1. The Bertz CT molecular complexity index is 339. The van der Waals surface area contributed by atoms with Crippen LogP contribution in [-0.2, 0) is 9.53 Å². The third-order valence-corrected chi connectivity index (χ3v) is 3.72. The molecule has 1 aliphatic heterocycles. The first-order valence-electron chi connectivity index (χ1n) is 6.35. The highest BCUT2D eigenvalue weighted by Crippen LogP contribution is 2.49. The third kappa shape index (κ3) is 2.61. The third-order valence-electron chi connectivity index (χ3n) is 3.72. The first-order chi connectivity index (χ1) is 7.81. The summed E-state index contributed by atoms with van der Waals surface area (Å²) >= 11 is 0. The van der Waals surface area contributed by atoms with Gasteiger partial charge in [0.2, 0.25) is 5.91 Å². The van der Waals surface area contributed by atoms with Crippen molar-refractivity contribution in [2.75, 3.05) is 6.54 Å². The van der Waals surface area contributed by atoms with Crippen LogP contribution in [0.2, 0.25) is 0 Å². The first-order valence-corrected chi connectivity index (χ1v) is 6.35. The molecule has 1 heterocycles. The normalized spacial score (nSPS) is 23.5. The van der Waals surface area contributed by atoms with Crippen molar-refractivity contribution in [2.45, 2.75) is 58.5 Å². The predicted molar refractivity (Wildman–Crippen MR) is 63.5 cm³/mol. The monoisotopic (exact) mass is 239 g/mol. The Morgan fingerprint density at radius 2 is 1.94 bits per heavy atom. The van der Waals surface area contributed by atoms with Gasteiger partial charge in [0.15, 0.2) is 0 Å². The molecule has 0 radical (unpaired) electrons. The minimum atomic E-state index is -0.539. The number of piperidine rings is 1. The number of amides is 2. The van der Waals surface area contributed by atoms with Gasteiger partial charge < -0.3 is 4.74 Å². The second-order valence-electron chi connectivity index (χ2n) is 6.31. The molecule has 0 aromatic rings. The number of rotatable bonds is 0. The van der Waals surface area contributed by atoms with Crippen molar-refractivity contribution >= 4 is 12.0 Å². The van der Waals surface area contributed by atoms with Crippen LogP contribution >= 0.6 is 0 Å². The Kier molecular flexibility index (Phi) is 2.92. The van der Waals surface area contributed by atoms with Crippen molar-refractivity contribution in [3.63, 3.8) is 0 Å². The zero-order valence-electron chi connectivity index (χ0n) is 10.9. The average molecular weight is 239 g/mol. The zero-order chi connectivity index (χ0) is 12.7.